The predicted octanol–water partition coefficient (Wildman–Crippen LogP) is 8.21. The monoisotopic (exact) mass is 796 g/mol. The van der Waals surface area contributed by atoms with E-state index >= 15 is 0 Å². The maximum atomic E-state index is 13.3. The lowest BCUT2D eigenvalue weighted by Gasteiger charge is -2.36. The molecule has 1 saturated heterocycles. The van der Waals surface area contributed by atoms with Crippen molar-refractivity contribution in [1.29, 1.82) is 0 Å². The highest BCUT2D eigenvalue weighted by atomic mass is 35.5. The van der Waals surface area contributed by atoms with Crippen LogP contribution in [0, 0.1) is 10.1 Å². The van der Waals surface area contributed by atoms with Crippen LogP contribution in [0.3, 0.4) is 0 Å². The molecule has 1 fully saturated rings. The standard InChI is InChI=1S/C42H45ClN6O4S2/c1-46(2)23-22-35(30-54-37-9-4-3-5-10-37)44-40-21-20-38(28-41(40)49(51)52)55(53)45-42(50)32-14-18-36(19-15-32)48-26-24-47(25-27-48)29-33-8-6-7-11-39(33)31-12-16-34(43)17-13-31/h3-21,28,35,44H,22-27,29-30H2,1-2H3,(H,45,50)/t35-,55?/m0/s1. The molecule has 286 valence electrons. The van der Waals surface area contributed by atoms with Gasteiger partial charge in [-0.15, -0.1) is 11.8 Å². The first kappa shape index (κ1) is 40.1. The maximum Gasteiger partial charge on any atom is 0.297 e. The molecule has 2 N–H and O–H groups in total. The molecule has 0 spiro atoms. The number of halogens is 1. The van der Waals surface area contributed by atoms with Gasteiger partial charge < -0.3 is 19.7 Å². The summed E-state index contributed by atoms with van der Waals surface area (Å²) in [5.74, 6) is 0.176. The molecule has 13 heteroatoms. The lowest BCUT2D eigenvalue weighted by atomic mass is 9.99. The average Bonchev–Trinajstić information content (AvgIpc) is 3.20. The third-order valence-corrected chi connectivity index (χ3v) is 12.0. The van der Waals surface area contributed by atoms with Crippen LogP contribution in [0.2, 0.25) is 5.02 Å². The largest absolute Gasteiger partial charge is 0.588 e. The zero-order valence-corrected chi connectivity index (χ0v) is 33.3. The van der Waals surface area contributed by atoms with E-state index in [2.05, 4.69) is 61.1 Å². The first-order valence-electron chi connectivity index (χ1n) is 18.1. The minimum absolute atomic E-state index is 0.0579. The summed E-state index contributed by atoms with van der Waals surface area (Å²) in [6, 6.07) is 38.0. The van der Waals surface area contributed by atoms with Gasteiger partial charge in [0.2, 0.25) is 0 Å². The molecule has 1 amide bonds. The number of nitro groups is 1. The van der Waals surface area contributed by atoms with E-state index in [1.54, 1.807) is 36.0 Å². The molecule has 1 heterocycles. The van der Waals surface area contributed by atoms with Gasteiger partial charge in [-0.05, 0) is 104 Å². The summed E-state index contributed by atoms with van der Waals surface area (Å²) in [6.07, 6.45) is 0.767. The van der Waals surface area contributed by atoms with Crippen molar-refractivity contribution in [2.24, 2.45) is 0 Å². The SMILES string of the molecule is CN(C)CC[C@@H](CSc1ccccc1)Nc1ccc([S+]([O-])NC(=O)c2ccc(N3CCN(Cc4ccccc4-c4ccc(Cl)cc4)CC3)cc2)cc1[N+](=O)[O-]. The molecule has 1 unspecified atom stereocenters. The molecular formula is C42H45ClN6O4S2. The lowest BCUT2D eigenvalue weighted by Crippen LogP contribution is -2.46. The summed E-state index contributed by atoms with van der Waals surface area (Å²) in [4.78, 5) is 32.9. The number of thioether (sulfide) groups is 1. The zero-order valence-electron chi connectivity index (χ0n) is 30.9. The normalized spacial score (nSPS) is 14.4. The molecular weight excluding hydrogens is 752 g/mol. The summed E-state index contributed by atoms with van der Waals surface area (Å²) < 4.78 is 15.8. The molecule has 0 aromatic heterocycles. The molecule has 10 nitrogen and oxygen atoms in total. The molecule has 1 aliphatic heterocycles. The second kappa shape index (κ2) is 19.3. The van der Waals surface area contributed by atoms with Crippen LogP contribution in [0.25, 0.3) is 11.1 Å². The van der Waals surface area contributed by atoms with Gasteiger partial charge in [0.05, 0.1) is 11.0 Å². The van der Waals surface area contributed by atoms with Crippen LogP contribution >= 0.6 is 23.4 Å². The number of hydrogen-bond acceptors (Lipinski definition) is 9. The second-order valence-corrected chi connectivity index (χ2v) is 16.4. The number of rotatable bonds is 16. The van der Waals surface area contributed by atoms with E-state index in [1.807, 2.05) is 68.7 Å². The molecule has 0 saturated carbocycles. The summed E-state index contributed by atoms with van der Waals surface area (Å²) in [5, 5.41) is 16.2. The number of benzene rings is 5. The molecule has 0 bridgehead atoms. The van der Waals surface area contributed by atoms with Gasteiger partial charge in [-0.1, -0.05) is 66.2 Å². The Kier molecular flexibility index (Phi) is 14.1. The number of anilines is 2. The first-order valence-corrected chi connectivity index (χ1v) is 20.7. The van der Waals surface area contributed by atoms with Crippen molar-refractivity contribution in [1.82, 2.24) is 14.5 Å². The summed E-state index contributed by atoms with van der Waals surface area (Å²) >= 11 is 5.79. The lowest BCUT2D eigenvalue weighted by molar-refractivity contribution is -0.384. The molecule has 0 aliphatic carbocycles. The Morgan fingerprint density at radius 2 is 1.60 bits per heavy atom. The zero-order chi connectivity index (χ0) is 38.7. The van der Waals surface area contributed by atoms with E-state index in [9.17, 15) is 19.5 Å². The smallest absolute Gasteiger partial charge is 0.297 e. The van der Waals surface area contributed by atoms with Crippen LogP contribution in [-0.2, 0) is 17.9 Å². The number of nitro benzene ring substituents is 1. The van der Waals surface area contributed by atoms with Crippen LogP contribution in [0.1, 0.15) is 22.3 Å². The van der Waals surface area contributed by atoms with Crippen LogP contribution in [-0.4, -0.2) is 83.8 Å². The minimum atomic E-state index is -2.01. The Morgan fingerprint density at radius 1 is 0.909 bits per heavy atom. The van der Waals surface area contributed by atoms with Crippen molar-refractivity contribution in [2.75, 3.05) is 62.8 Å². The van der Waals surface area contributed by atoms with E-state index in [-0.39, 0.29) is 16.6 Å². The molecule has 6 rings (SSSR count). The van der Waals surface area contributed by atoms with Crippen molar-refractivity contribution in [3.63, 3.8) is 0 Å². The Morgan fingerprint density at radius 3 is 2.29 bits per heavy atom. The quantitative estimate of drug-likeness (QED) is 0.0441. The number of nitrogens with one attached hydrogen (secondary N) is 2. The van der Waals surface area contributed by atoms with Gasteiger partial charge in [0.25, 0.3) is 11.6 Å². The third kappa shape index (κ3) is 11.3. The fraction of sp³-hybridized carbons (Fsp3) is 0.262. The van der Waals surface area contributed by atoms with Gasteiger partial charge in [0.15, 0.2) is 4.90 Å². The Bertz CT molecular complexity index is 2030. The first-order chi connectivity index (χ1) is 26.6. The number of hydrogen-bond donors (Lipinski definition) is 2. The van der Waals surface area contributed by atoms with E-state index in [4.69, 9.17) is 11.6 Å². The molecule has 2 atom stereocenters. The topological polar surface area (TPSA) is 117 Å². The van der Waals surface area contributed by atoms with Crippen molar-refractivity contribution in [3.05, 3.63) is 148 Å². The van der Waals surface area contributed by atoms with Gasteiger partial charge in [0, 0.05) is 65.7 Å². The number of nitrogens with zero attached hydrogens (tertiary/aromatic N) is 4. The minimum Gasteiger partial charge on any atom is -0.588 e. The highest BCUT2D eigenvalue weighted by Gasteiger charge is 2.25. The molecule has 5 aromatic rings. The summed E-state index contributed by atoms with van der Waals surface area (Å²) in [6.45, 7) is 5.10. The second-order valence-electron chi connectivity index (χ2n) is 13.7. The number of carbonyl (C=O) groups is 1. The van der Waals surface area contributed by atoms with Crippen LogP contribution in [0.4, 0.5) is 17.1 Å². The van der Waals surface area contributed by atoms with E-state index < -0.39 is 22.2 Å². The van der Waals surface area contributed by atoms with Crippen LogP contribution in [0.15, 0.2) is 131 Å². The van der Waals surface area contributed by atoms with Crippen molar-refractivity contribution < 1.29 is 14.3 Å². The van der Waals surface area contributed by atoms with E-state index in [0.29, 0.717) is 17.0 Å². The number of amides is 1. The molecule has 5 aromatic carbocycles. The van der Waals surface area contributed by atoms with Crippen molar-refractivity contribution >= 4 is 57.7 Å². The van der Waals surface area contributed by atoms with Crippen LogP contribution < -0.4 is 14.9 Å². The summed E-state index contributed by atoms with van der Waals surface area (Å²) in [7, 11) is 3.98. The molecule has 0 radical (unpaired) electrons. The van der Waals surface area contributed by atoms with Crippen LogP contribution in [0.5, 0.6) is 0 Å². The van der Waals surface area contributed by atoms with Gasteiger partial charge in [-0.2, -0.15) is 4.72 Å². The number of carbonyl (C=O) groups excluding carboxylic acids is 1. The maximum absolute atomic E-state index is 13.3. The van der Waals surface area contributed by atoms with Gasteiger partial charge >= 0.3 is 0 Å². The Labute approximate surface area is 335 Å². The average molecular weight is 797 g/mol. The molecule has 55 heavy (non-hydrogen) atoms. The fourth-order valence-corrected chi connectivity index (χ4v) is 8.38. The Hall–Kier alpha value is -4.56. The number of piperazine rings is 1. The molecule has 1 aliphatic rings. The van der Waals surface area contributed by atoms with Crippen molar-refractivity contribution in [2.45, 2.75) is 28.8 Å². The fourth-order valence-electron chi connectivity index (χ4n) is 6.44. The van der Waals surface area contributed by atoms with Crippen molar-refractivity contribution in [3.8, 4) is 11.1 Å². The predicted molar refractivity (Wildman–Crippen MR) is 226 cm³/mol. The third-order valence-electron chi connectivity index (χ3n) is 9.48. The van der Waals surface area contributed by atoms with Gasteiger partial charge in [-0.25, -0.2) is 0 Å². The van der Waals surface area contributed by atoms with E-state index in [0.717, 1.165) is 66.9 Å². The van der Waals surface area contributed by atoms with Gasteiger partial charge in [0.1, 0.15) is 17.0 Å². The van der Waals surface area contributed by atoms with E-state index in [1.165, 1.54) is 17.2 Å². The Balaban J connectivity index is 1.03. The highest BCUT2D eigenvalue weighted by molar-refractivity contribution is 7.99. The van der Waals surface area contributed by atoms with Gasteiger partial charge in [-0.3, -0.25) is 19.8 Å². The highest BCUT2D eigenvalue weighted by Crippen LogP contribution is 2.31. The summed E-state index contributed by atoms with van der Waals surface area (Å²) in [5.41, 5.74) is 5.12.